The van der Waals surface area contributed by atoms with E-state index in [2.05, 4.69) is 23.5 Å². The first-order chi connectivity index (χ1) is 11.5. The molecule has 1 aromatic rings. The van der Waals surface area contributed by atoms with E-state index in [-0.39, 0.29) is 5.54 Å². The highest BCUT2D eigenvalue weighted by molar-refractivity contribution is 5.30. The zero-order valence-corrected chi connectivity index (χ0v) is 15.3. The van der Waals surface area contributed by atoms with Gasteiger partial charge in [0.25, 0.3) is 0 Å². The van der Waals surface area contributed by atoms with Gasteiger partial charge in [0.1, 0.15) is 11.6 Å². The molecule has 0 spiro atoms. The van der Waals surface area contributed by atoms with Crippen molar-refractivity contribution >= 4 is 0 Å². The molecule has 0 amide bonds. The normalized spacial score (nSPS) is 24.8. The fourth-order valence-corrected chi connectivity index (χ4v) is 3.85. The Kier molecular flexibility index (Phi) is 6.02. The van der Waals surface area contributed by atoms with E-state index in [0.29, 0.717) is 23.8 Å². The number of benzene rings is 1. The van der Waals surface area contributed by atoms with E-state index >= 15 is 0 Å². The van der Waals surface area contributed by atoms with E-state index in [9.17, 15) is 17.6 Å². The maximum absolute atomic E-state index is 14.4. The number of alkyl halides is 3. The maximum Gasteiger partial charge on any atom is 0.573 e. The summed E-state index contributed by atoms with van der Waals surface area (Å²) in [7, 11) is 3.99. The van der Waals surface area contributed by atoms with Gasteiger partial charge in [0.05, 0.1) is 0 Å². The van der Waals surface area contributed by atoms with Crippen LogP contribution in [0.4, 0.5) is 17.6 Å². The number of nitrogens with zero attached hydrogens (tertiary/aromatic N) is 1. The lowest BCUT2D eigenvalue weighted by Crippen LogP contribution is -2.49. The van der Waals surface area contributed by atoms with Crippen LogP contribution >= 0.6 is 0 Å². The zero-order chi connectivity index (χ0) is 18.8. The molecule has 1 saturated carbocycles. The summed E-state index contributed by atoms with van der Waals surface area (Å²) in [5.74, 6) is 0.154. The van der Waals surface area contributed by atoms with Crippen LogP contribution in [0.5, 0.6) is 5.75 Å². The van der Waals surface area contributed by atoms with Crippen molar-refractivity contribution in [3.05, 3.63) is 29.6 Å². The largest absolute Gasteiger partial charge is 0.573 e. The second-order valence-corrected chi connectivity index (χ2v) is 7.68. The topological polar surface area (TPSA) is 12.5 Å². The van der Waals surface area contributed by atoms with Gasteiger partial charge < -0.3 is 9.64 Å². The highest BCUT2D eigenvalue weighted by Gasteiger charge is 2.38. The van der Waals surface area contributed by atoms with E-state index in [4.69, 9.17) is 0 Å². The van der Waals surface area contributed by atoms with Gasteiger partial charge in [0.15, 0.2) is 0 Å². The smallest absolute Gasteiger partial charge is 0.406 e. The van der Waals surface area contributed by atoms with E-state index in [1.54, 1.807) is 0 Å². The average Bonchev–Trinajstić information content (AvgIpc) is 2.48. The Labute approximate surface area is 147 Å². The Balaban J connectivity index is 2.15. The van der Waals surface area contributed by atoms with Crippen molar-refractivity contribution in [1.82, 2.24) is 4.90 Å². The lowest BCUT2D eigenvalue weighted by atomic mass is 9.70. The van der Waals surface area contributed by atoms with E-state index in [0.717, 1.165) is 31.7 Å². The van der Waals surface area contributed by atoms with Gasteiger partial charge in [-0.05, 0) is 69.7 Å². The number of hydrogen-bond donors (Lipinski definition) is 0. The van der Waals surface area contributed by atoms with Crippen molar-refractivity contribution in [2.75, 3.05) is 14.1 Å². The van der Waals surface area contributed by atoms with E-state index in [1.807, 2.05) is 14.1 Å². The maximum atomic E-state index is 14.4. The van der Waals surface area contributed by atoms with Gasteiger partial charge in [0.2, 0.25) is 0 Å². The molecule has 1 aliphatic carbocycles. The molecule has 1 aromatic carbocycles. The monoisotopic (exact) mass is 361 g/mol. The van der Waals surface area contributed by atoms with Gasteiger partial charge in [-0.25, -0.2) is 4.39 Å². The SMILES string of the molecule is CC(C)C1CCC(Cc2ccc(OC(F)(F)F)cc2F)(N(C)C)CC1. The van der Waals surface area contributed by atoms with Crippen LogP contribution in [0.1, 0.15) is 45.1 Å². The van der Waals surface area contributed by atoms with Gasteiger partial charge in [-0.1, -0.05) is 19.9 Å². The van der Waals surface area contributed by atoms with Crippen LogP contribution in [0, 0.1) is 17.7 Å². The van der Waals surface area contributed by atoms with Crippen LogP contribution in [0.25, 0.3) is 0 Å². The van der Waals surface area contributed by atoms with E-state index < -0.39 is 17.9 Å². The van der Waals surface area contributed by atoms with Crippen molar-refractivity contribution in [1.29, 1.82) is 0 Å². The standard InChI is InChI=1S/C19H27F4NO/c1-13(2)14-7-9-18(10-8-14,24(3)4)12-15-5-6-16(11-17(15)20)25-19(21,22)23/h5-6,11,13-14H,7-10,12H2,1-4H3. The average molecular weight is 361 g/mol. The Morgan fingerprint density at radius 3 is 2.24 bits per heavy atom. The molecule has 0 unspecified atom stereocenters. The molecule has 0 N–H and O–H groups in total. The lowest BCUT2D eigenvalue weighted by Gasteiger charge is -2.46. The first kappa shape index (κ1) is 20.0. The van der Waals surface area contributed by atoms with Crippen molar-refractivity contribution < 1.29 is 22.3 Å². The molecule has 0 aliphatic heterocycles. The number of rotatable bonds is 5. The summed E-state index contributed by atoms with van der Waals surface area (Å²) in [6, 6.07) is 3.43. The Morgan fingerprint density at radius 1 is 1.20 bits per heavy atom. The highest BCUT2D eigenvalue weighted by Crippen LogP contribution is 2.41. The van der Waals surface area contributed by atoms with Gasteiger partial charge in [-0.3, -0.25) is 0 Å². The fraction of sp³-hybridized carbons (Fsp3) is 0.684. The molecule has 0 heterocycles. The number of ether oxygens (including phenoxy) is 1. The first-order valence-corrected chi connectivity index (χ1v) is 8.74. The third kappa shape index (κ3) is 5.09. The minimum Gasteiger partial charge on any atom is -0.406 e. The lowest BCUT2D eigenvalue weighted by molar-refractivity contribution is -0.274. The molecule has 142 valence electrons. The van der Waals surface area contributed by atoms with Gasteiger partial charge >= 0.3 is 6.36 Å². The summed E-state index contributed by atoms with van der Waals surface area (Å²) in [4.78, 5) is 2.14. The van der Waals surface area contributed by atoms with Crippen LogP contribution < -0.4 is 4.74 Å². The first-order valence-electron chi connectivity index (χ1n) is 8.74. The van der Waals surface area contributed by atoms with Crippen molar-refractivity contribution in [3.8, 4) is 5.75 Å². The van der Waals surface area contributed by atoms with Crippen LogP contribution in [0.3, 0.4) is 0 Å². The quantitative estimate of drug-likeness (QED) is 0.650. The summed E-state index contributed by atoms with van der Waals surface area (Å²) in [5.41, 5.74) is 0.282. The minimum atomic E-state index is -4.81. The number of likely N-dealkylation sites (N-methyl/N-ethyl adjacent to an activating group) is 1. The molecule has 0 radical (unpaired) electrons. The second kappa shape index (κ2) is 7.52. The van der Waals surface area contributed by atoms with Crippen molar-refractivity contribution in [2.24, 2.45) is 11.8 Å². The van der Waals surface area contributed by atoms with Crippen LogP contribution in [-0.2, 0) is 6.42 Å². The Hall–Kier alpha value is -1.30. The molecule has 0 aromatic heterocycles. The third-order valence-corrected chi connectivity index (χ3v) is 5.63. The molecular weight excluding hydrogens is 334 g/mol. The molecular formula is C19H27F4NO. The molecule has 1 fully saturated rings. The van der Waals surface area contributed by atoms with E-state index in [1.165, 1.54) is 12.1 Å². The molecule has 1 aliphatic rings. The number of halogens is 4. The van der Waals surface area contributed by atoms with Crippen LogP contribution in [-0.4, -0.2) is 30.9 Å². The minimum absolute atomic E-state index is 0.154. The van der Waals surface area contributed by atoms with Crippen LogP contribution in [0.2, 0.25) is 0 Å². The fourth-order valence-electron chi connectivity index (χ4n) is 3.85. The highest BCUT2D eigenvalue weighted by atomic mass is 19.4. The Morgan fingerprint density at radius 2 is 1.80 bits per heavy atom. The third-order valence-electron chi connectivity index (χ3n) is 5.63. The Bertz CT molecular complexity index is 575. The molecule has 0 atom stereocenters. The van der Waals surface area contributed by atoms with Gasteiger partial charge in [0, 0.05) is 11.6 Å². The molecule has 0 saturated heterocycles. The predicted molar refractivity (Wildman–Crippen MR) is 90.0 cm³/mol. The van der Waals surface area contributed by atoms with Gasteiger partial charge in [-0.15, -0.1) is 13.2 Å². The summed E-state index contributed by atoms with van der Waals surface area (Å²) in [6.45, 7) is 4.46. The van der Waals surface area contributed by atoms with Crippen molar-refractivity contribution in [3.63, 3.8) is 0 Å². The molecule has 0 bridgehead atoms. The molecule has 2 rings (SSSR count). The molecule has 6 heteroatoms. The summed E-state index contributed by atoms with van der Waals surface area (Å²) < 4.78 is 54.9. The zero-order valence-electron chi connectivity index (χ0n) is 15.3. The van der Waals surface area contributed by atoms with Crippen LogP contribution in [0.15, 0.2) is 18.2 Å². The number of hydrogen-bond acceptors (Lipinski definition) is 2. The van der Waals surface area contributed by atoms with Crippen molar-refractivity contribution in [2.45, 2.75) is 57.9 Å². The van der Waals surface area contributed by atoms with Gasteiger partial charge in [-0.2, -0.15) is 0 Å². The molecule has 25 heavy (non-hydrogen) atoms. The predicted octanol–water partition coefficient (Wildman–Crippen LogP) is 5.41. The summed E-state index contributed by atoms with van der Waals surface area (Å²) in [5, 5.41) is 0. The molecule has 2 nitrogen and oxygen atoms in total. The summed E-state index contributed by atoms with van der Waals surface area (Å²) in [6.07, 6.45) is -0.220. The summed E-state index contributed by atoms with van der Waals surface area (Å²) >= 11 is 0. The second-order valence-electron chi connectivity index (χ2n) is 7.68.